The number of nitrogens with zero attached hydrogens (tertiary/aromatic N) is 3. The van der Waals surface area contributed by atoms with Gasteiger partial charge in [0.05, 0.1) is 0 Å². The molecule has 4 rings (SSSR count). The standard InChI is InChI=1S/C23H25N5O/c1-17-6-5-7-19(14-17)27-23(29)21-15-22(25-16-24-21)26-18-8-10-20(11-9-18)28-12-3-2-4-13-28/h5-11,14-16H,2-4,12-13H2,1H3,(H,27,29)(H,24,25,26). The molecule has 1 aliphatic heterocycles. The Labute approximate surface area is 171 Å². The van der Waals surface area contributed by atoms with Crippen LogP contribution in [-0.4, -0.2) is 29.0 Å². The summed E-state index contributed by atoms with van der Waals surface area (Å²) in [6.07, 6.45) is 5.24. The SMILES string of the molecule is Cc1cccc(NC(=O)c2cc(Nc3ccc(N4CCCCC4)cc3)ncn2)c1. The number of carbonyl (C=O) groups excluding carboxylic acids is 1. The van der Waals surface area contributed by atoms with Crippen molar-refractivity contribution in [2.75, 3.05) is 28.6 Å². The normalized spacial score (nSPS) is 13.8. The molecule has 29 heavy (non-hydrogen) atoms. The third-order valence-electron chi connectivity index (χ3n) is 5.04. The molecule has 0 aliphatic carbocycles. The van der Waals surface area contributed by atoms with E-state index in [1.807, 2.05) is 43.3 Å². The predicted octanol–water partition coefficient (Wildman–Crippen LogP) is 4.77. The third kappa shape index (κ3) is 4.90. The van der Waals surface area contributed by atoms with Gasteiger partial charge in [0.2, 0.25) is 0 Å². The minimum absolute atomic E-state index is 0.263. The van der Waals surface area contributed by atoms with Crippen LogP contribution in [0.2, 0.25) is 0 Å². The molecule has 2 N–H and O–H groups in total. The predicted molar refractivity (Wildman–Crippen MR) is 117 cm³/mol. The number of hydrogen-bond donors (Lipinski definition) is 2. The van der Waals surface area contributed by atoms with E-state index in [4.69, 9.17) is 0 Å². The van der Waals surface area contributed by atoms with Gasteiger partial charge < -0.3 is 15.5 Å². The fourth-order valence-corrected chi connectivity index (χ4v) is 3.52. The monoisotopic (exact) mass is 387 g/mol. The molecule has 0 unspecified atom stereocenters. The largest absolute Gasteiger partial charge is 0.372 e. The summed E-state index contributed by atoms with van der Waals surface area (Å²) < 4.78 is 0. The molecule has 148 valence electrons. The minimum Gasteiger partial charge on any atom is -0.372 e. The second-order valence-corrected chi connectivity index (χ2v) is 7.33. The highest BCUT2D eigenvalue weighted by molar-refractivity contribution is 6.03. The lowest BCUT2D eigenvalue weighted by molar-refractivity contribution is 0.102. The van der Waals surface area contributed by atoms with Gasteiger partial charge in [-0.2, -0.15) is 0 Å². The van der Waals surface area contributed by atoms with Crippen LogP contribution in [0.15, 0.2) is 60.9 Å². The topological polar surface area (TPSA) is 70.2 Å². The van der Waals surface area contributed by atoms with Gasteiger partial charge in [-0.25, -0.2) is 9.97 Å². The van der Waals surface area contributed by atoms with Gasteiger partial charge in [0.1, 0.15) is 17.8 Å². The van der Waals surface area contributed by atoms with Crippen LogP contribution in [0.3, 0.4) is 0 Å². The molecule has 0 saturated carbocycles. The Balaban J connectivity index is 1.42. The molecule has 2 heterocycles. The van der Waals surface area contributed by atoms with E-state index in [0.717, 1.165) is 30.0 Å². The van der Waals surface area contributed by atoms with E-state index in [2.05, 4.69) is 37.6 Å². The molecule has 2 aromatic carbocycles. The van der Waals surface area contributed by atoms with Crippen molar-refractivity contribution in [1.29, 1.82) is 0 Å². The van der Waals surface area contributed by atoms with Crippen molar-refractivity contribution in [3.8, 4) is 0 Å². The number of carbonyl (C=O) groups is 1. The molecule has 1 aliphatic rings. The second kappa shape index (κ2) is 8.73. The fraction of sp³-hybridized carbons (Fsp3) is 0.261. The van der Waals surface area contributed by atoms with Crippen molar-refractivity contribution in [3.63, 3.8) is 0 Å². The summed E-state index contributed by atoms with van der Waals surface area (Å²) in [6, 6.07) is 17.7. The van der Waals surface area contributed by atoms with E-state index in [-0.39, 0.29) is 5.91 Å². The van der Waals surface area contributed by atoms with Gasteiger partial charge in [-0.15, -0.1) is 0 Å². The van der Waals surface area contributed by atoms with Crippen LogP contribution >= 0.6 is 0 Å². The van der Waals surface area contributed by atoms with Crippen molar-refractivity contribution in [3.05, 3.63) is 72.2 Å². The summed E-state index contributed by atoms with van der Waals surface area (Å²) in [5.41, 5.74) is 4.32. The number of aromatic nitrogens is 2. The summed E-state index contributed by atoms with van der Waals surface area (Å²) in [5.74, 6) is 0.321. The maximum Gasteiger partial charge on any atom is 0.274 e. The molecule has 0 atom stereocenters. The average molecular weight is 387 g/mol. The van der Waals surface area contributed by atoms with Crippen LogP contribution in [0.5, 0.6) is 0 Å². The van der Waals surface area contributed by atoms with Crippen molar-refractivity contribution < 1.29 is 4.79 Å². The summed E-state index contributed by atoms with van der Waals surface area (Å²) in [7, 11) is 0. The Bertz CT molecular complexity index is 981. The summed E-state index contributed by atoms with van der Waals surface area (Å²) in [4.78, 5) is 23.3. The lowest BCUT2D eigenvalue weighted by Crippen LogP contribution is -2.29. The van der Waals surface area contributed by atoms with E-state index in [1.165, 1.54) is 31.3 Å². The number of rotatable bonds is 5. The quantitative estimate of drug-likeness (QED) is 0.660. The lowest BCUT2D eigenvalue weighted by atomic mass is 10.1. The summed E-state index contributed by atoms with van der Waals surface area (Å²) in [6.45, 7) is 4.23. The maximum atomic E-state index is 12.5. The van der Waals surface area contributed by atoms with Crippen molar-refractivity contribution in [2.45, 2.75) is 26.2 Å². The number of anilines is 4. The van der Waals surface area contributed by atoms with Crippen LogP contribution in [0.4, 0.5) is 22.9 Å². The Morgan fingerprint density at radius 1 is 0.931 bits per heavy atom. The van der Waals surface area contributed by atoms with Gasteiger partial charge in [0.25, 0.3) is 5.91 Å². The van der Waals surface area contributed by atoms with Crippen LogP contribution in [-0.2, 0) is 0 Å². The first kappa shape index (κ1) is 18.9. The molecule has 6 heteroatoms. The Hall–Kier alpha value is -3.41. The van der Waals surface area contributed by atoms with Gasteiger partial charge in [-0.3, -0.25) is 4.79 Å². The molecule has 0 radical (unpaired) electrons. The highest BCUT2D eigenvalue weighted by Crippen LogP contribution is 2.23. The maximum absolute atomic E-state index is 12.5. The van der Waals surface area contributed by atoms with E-state index < -0.39 is 0 Å². The first-order chi connectivity index (χ1) is 14.2. The second-order valence-electron chi connectivity index (χ2n) is 7.33. The molecular formula is C23H25N5O. The van der Waals surface area contributed by atoms with E-state index in [9.17, 15) is 4.79 Å². The Morgan fingerprint density at radius 3 is 2.48 bits per heavy atom. The van der Waals surface area contributed by atoms with Crippen molar-refractivity contribution >= 4 is 28.8 Å². The number of hydrogen-bond acceptors (Lipinski definition) is 5. The highest BCUT2D eigenvalue weighted by atomic mass is 16.1. The number of piperidine rings is 1. The van der Waals surface area contributed by atoms with Crippen LogP contribution in [0.1, 0.15) is 35.3 Å². The first-order valence-electron chi connectivity index (χ1n) is 9.99. The number of amides is 1. The minimum atomic E-state index is -0.263. The number of benzene rings is 2. The Morgan fingerprint density at radius 2 is 1.72 bits per heavy atom. The van der Waals surface area contributed by atoms with Crippen LogP contribution < -0.4 is 15.5 Å². The molecule has 3 aromatic rings. The highest BCUT2D eigenvalue weighted by Gasteiger charge is 2.12. The van der Waals surface area contributed by atoms with E-state index in [1.54, 1.807) is 6.07 Å². The number of aryl methyl sites for hydroxylation is 1. The molecule has 1 amide bonds. The lowest BCUT2D eigenvalue weighted by Gasteiger charge is -2.28. The van der Waals surface area contributed by atoms with E-state index >= 15 is 0 Å². The molecule has 0 bridgehead atoms. The molecule has 1 aromatic heterocycles. The average Bonchev–Trinajstić information content (AvgIpc) is 2.75. The zero-order valence-corrected chi connectivity index (χ0v) is 16.6. The van der Waals surface area contributed by atoms with Gasteiger partial charge in [0.15, 0.2) is 0 Å². The molecule has 1 fully saturated rings. The zero-order valence-electron chi connectivity index (χ0n) is 16.6. The third-order valence-corrected chi connectivity index (χ3v) is 5.04. The first-order valence-corrected chi connectivity index (χ1v) is 9.99. The van der Waals surface area contributed by atoms with Crippen molar-refractivity contribution in [1.82, 2.24) is 9.97 Å². The Kier molecular flexibility index (Phi) is 5.70. The van der Waals surface area contributed by atoms with Gasteiger partial charge in [0, 0.05) is 36.2 Å². The zero-order chi connectivity index (χ0) is 20.1. The smallest absolute Gasteiger partial charge is 0.274 e. The molecule has 1 saturated heterocycles. The van der Waals surface area contributed by atoms with Gasteiger partial charge >= 0.3 is 0 Å². The molecule has 0 spiro atoms. The summed E-state index contributed by atoms with van der Waals surface area (Å²) >= 11 is 0. The van der Waals surface area contributed by atoms with Crippen LogP contribution in [0, 0.1) is 6.92 Å². The van der Waals surface area contributed by atoms with Crippen molar-refractivity contribution in [2.24, 2.45) is 0 Å². The van der Waals surface area contributed by atoms with Gasteiger partial charge in [-0.1, -0.05) is 12.1 Å². The molecular weight excluding hydrogens is 362 g/mol. The van der Waals surface area contributed by atoms with Gasteiger partial charge in [-0.05, 0) is 68.1 Å². The molecule has 6 nitrogen and oxygen atoms in total. The van der Waals surface area contributed by atoms with E-state index in [0.29, 0.717) is 11.5 Å². The fourth-order valence-electron chi connectivity index (χ4n) is 3.52. The summed E-state index contributed by atoms with van der Waals surface area (Å²) in [5, 5.41) is 6.12. The number of nitrogens with one attached hydrogen (secondary N) is 2. The van der Waals surface area contributed by atoms with Crippen LogP contribution in [0.25, 0.3) is 0 Å².